The molecule has 7 nitrogen and oxygen atoms in total. The number of pyridine rings is 2. The molecule has 0 radical (unpaired) electrons. The molecule has 0 unspecified atom stereocenters. The van der Waals surface area contributed by atoms with Gasteiger partial charge in [-0.1, -0.05) is 0 Å². The lowest BCUT2D eigenvalue weighted by atomic mass is 10.2. The Balaban J connectivity index is 2.37. The molecule has 2 rings (SSSR count). The zero-order valence-corrected chi connectivity index (χ0v) is 9.31. The van der Waals surface area contributed by atoms with Gasteiger partial charge >= 0.3 is 0 Å². The van der Waals surface area contributed by atoms with Crippen LogP contribution in [0.5, 0.6) is 0 Å². The highest BCUT2D eigenvalue weighted by Gasteiger charge is 2.08. The lowest BCUT2D eigenvalue weighted by Crippen LogP contribution is -2.19. The zero-order valence-electron chi connectivity index (χ0n) is 9.31. The number of aromatic nitrogens is 2. The molecule has 2 aromatic rings. The molecule has 0 aromatic carbocycles. The van der Waals surface area contributed by atoms with E-state index >= 15 is 0 Å². The molecule has 2 N–H and O–H groups in total. The Morgan fingerprint density at radius 3 is 2.83 bits per heavy atom. The van der Waals surface area contributed by atoms with Crippen LogP contribution < -0.4 is 11.3 Å². The predicted octanol–water partition coefficient (Wildman–Crippen LogP) is 0.782. The minimum Gasteiger partial charge on any atom is -0.384 e. The lowest BCUT2D eigenvalue weighted by Gasteiger charge is -2.05. The molecule has 0 aliphatic heterocycles. The van der Waals surface area contributed by atoms with E-state index < -0.39 is 4.92 Å². The smallest absolute Gasteiger partial charge is 0.285 e. The van der Waals surface area contributed by atoms with Gasteiger partial charge in [-0.2, -0.15) is 0 Å². The van der Waals surface area contributed by atoms with Gasteiger partial charge in [0.2, 0.25) is 0 Å². The first-order valence-corrected chi connectivity index (χ1v) is 5.11. The third-order valence-corrected chi connectivity index (χ3v) is 2.38. The topological polar surface area (TPSA) is 104 Å². The summed E-state index contributed by atoms with van der Waals surface area (Å²) in [7, 11) is 0. The second kappa shape index (κ2) is 4.66. The van der Waals surface area contributed by atoms with Crippen LogP contribution in [-0.4, -0.2) is 14.5 Å². The van der Waals surface area contributed by atoms with Crippen molar-refractivity contribution in [2.75, 3.05) is 5.73 Å². The van der Waals surface area contributed by atoms with E-state index in [9.17, 15) is 14.9 Å². The highest BCUT2D eigenvalue weighted by atomic mass is 16.6. The molecule has 2 aromatic heterocycles. The van der Waals surface area contributed by atoms with E-state index in [2.05, 4.69) is 4.98 Å². The average molecular weight is 246 g/mol. The molecule has 0 atom stereocenters. The van der Waals surface area contributed by atoms with Crippen LogP contribution in [0.1, 0.15) is 5.56 Å². The van der Waals surface area contributed by atoms with Crippen molar-refractivity contribution < 1.29 is 4.92 Å². The van der Waals surface area contributed by atoms with Crippen molar-refractivity contribution in [2.45, 2.75) is 6.54 Å². The number of nitrogens with two attached hydrogens (primary N) is 1. The van der Waals surface area contributed by atoms with E-state index in [1.54, 1.807) is 12.1 Å². The normalized spacial score (nSPS) is 10.2. The maximum atomic E-state index is 11.6. The standard InChI is InChI=1S/C11H10N4O3/c12-10-5-8(3-4-13-10)6-14-7-9(15(17)18)1-2-11(14)16/h1-5,7H,6H2,(H2,12,13). The largest absolute Gasteiger partial charge is 0.384 e. The fourth-order valence-corrected chi connectivity index (χ4v) is 1.54. The highest BCUT2D eigenvalue weighted by molar-refractivity contribution is 5.32. The lowest BCUT2D eigenvalue weighted by molar-refractivity contribution is -0.385. The number of nitro groups is 1. The quantitative estimate of drug-likeness (QED) is 0.636. The van der Waals surface area contributed by atoms with Crippen LogP contribution in [0.2, 0.25) is 0 Å². The molecule has 0 saturated carbocycles. The van der Waals surface area contributed by atoms with Crippen LogP contribution in [0.3, 0.4) is 0 Å². The summed E-state index contributed by atoms with van der Waals surface area (Å²) in [6.07, 6.45) is 2.73. The fraction of sp³-hybridized carbons (Fsp3) is 0.0909. The summed E-state index contributed by atoms with van der Waals surface area (Å²) in [5.74, 6) is 0.339. The summed E-state index contributed by atoms with van der Waals surface area (Å²) in [5, 5.41) is 10.6. The summed E-state index contributed by atoms with van der Waals surface area (Å²) < 4.78 is 1.26. The molecule has 2 heterocycles. The van der Waals surface area contributed by atoms with Gasteiger partial charge < -0.3 is 10.3 Å². The molecule has 0 bridgehead atoms. The summed E-state index contributed by atoms with van der Waals surface area (Å²) in [5.41, 5.74) is 5.84. The number of nitrogens with zero attached hydrogens (tertiary/aromatic N) is 3. The van der Waals surface area contributed by atoms with Crippen molar-refractivity contribution in [2.24, 2.45) is 0 Å². The number of nitrogen functional groups attached to an aromatic ring is 1. The van der Waals surface area contributed by atoms with Crippen molar-refractivity contribution in [1.82, 2.24) is 9.55 Å². The highest BCUT2D eigenvalue weighted by Crippen LogP contribution is 2.09. The van der Waals surface area contributed by atoms with Crippen molar-refractivity contribution in [3.05, 3.63) is 62.7 Å². The van der Waals surface area contributed by atoms with E-state index in [4.69, 9.17) is 5.73 Å². The minimum atomic E-state index is -0.545. The molecule has 0 amide bonds. The van der Waals surface area contributed by atoms with Crippen LogP contribution in [0.15, 0.2) is 41.5 Å². The second-order valence-electron chi connectivity index (χ2n) is 3.70. The van der Waals surface area contributed by atoms with Gasteiger partial charge in [0.25, 0.3) is 11.2 Å². The summed E-state index contributed by atoms with van der Waals surface area (Å²) >= 11 is 0. The minimum absolute atomic E-state index is 0.128. The van der Waals surface area contributed by atoms with Crippen molar-refractivity contribution in [3.8, 4) is 0 Å². The Labute approximate surface area is 102 Å². The van der Waals surface area contributed by atoms with E-state index in [0.717, 1.165) is 5.56 Å². The zero-order chi connectivity index (χ0) is 13.1. The van der Waals surface area contributed by atoms with Crippen LogP contribution in [0.25, 0.3) is 0 Å². The van der Waals surface area contributed by atoms with Gasteiger partial charge in [-0.05, 0) is 17.7 Å². The van der Waals surface area contributed by atoms with Gasteiger partial charge in [-0.15, -0.1) is 0 Å². The number of hydrogen-bond donors (Lipinski definition) is 1. The molecule has 0 aliphatic rings. The van der Waals surface area contributed by atoms with Gasteiger partial charge in [0.1, 0.15) is 5.82 Å². The van der Waals surface area contributed by atoms with E-state index in [-0.39, 0.29) is 17.8 Å². The summed E-state index contributed by atoms with van der Waals surface area (Å²) in [6.45, 7) is 0.216. The van der Waals surface area contributed by atoms with Crippen molar-refractivity contribution in [1.29, 1.82) is 0 Å². The predicted molar refractivity (Wildman–Crippen MR) is 65.1 cm³/mol. The molecule has 0 saturated heterocycles. The van der Waals surface area contributed by atoms with Crippen molar-refractivity contribution >= 4 is 11.5 Å². The first kappa shape index (κ1) is 11.8. The van der Waals surface area contributed by atoms with Crippen LogP contribution in [0.4, 0.5) is 11.5 Å². The molecule has 0 fully saturated rings. The average Bonchev–Trinajstić information content (AvgIpc) is 2.31. The molecule has 18 heavy (non-hydrogen) atoms. The van der Waals surface area contributed by atoms with Gasteiger partial charge in [-0.3, -0.25) is 14.9 Å². The Morgan fingerprint density at radius 2 is 2.17 bits per heavy atom. The summed E-state index contributed by atoms with van der Waals surface area (Å²) in [4.78, 5) is 25.5. The van der Waals surface area contributed by atoms with Crippen LogP contribution >= 0.6 is 0 Å². The first-order chi connectivity index (χ1) is 8.56. The van der Waals surface area contributed by atoms with Crippen LogP contribution in [-0.2, 0) is 6.54 Å². The maximum Gasteiger partial charge on any atom is 0.285 e. The molecule has 7 heteroatoms. The van der Waals surface area contributed by atoms with Gasteiger partial charge in [0, 0.05) is 18.3 Å². The third-order valence-electron chi connectivity index (χ3n) is 2.38. The third kappa shape index (κ3) is 2.51. The van der Waals surface area contributed by atoms with Crippen molar-refractivity contribution in [3.63, 3.8) is 0 Å². The molecule has 92 valence electrons. The fourth-order valence-electron chi connectivity index (χ4n) is 1.54. The Kier molecular flexibility index (Phi) is 3.05. The van der Waals surface area contributed by atoms with E-state index in [1.807, 2.05) is 0 Å². The summed E-state index contributed by atoms with van der Waals surface area (Å²) in [6, 6.07) is 5.66. The molecular formula is C11H10N4O3. The van der Waals surface area contributed by atoms with E-state index in [1.165, 1.54) is 29.1 Å². The molecule has 0 spiro atoms. The number of rotatable bonds is 3. The van der Waals surface area contributed by atoms with Crippen LogP contribution in [0, 0.1) is 10.1 Å². The number of anilines is 1. The molecular weight excluding hydrogens is 236 g/mol. The monoisotopic (exact) mass is 246 g/mol. The Bertz CT molecular complexity index is 651. The Morgan fingerprint density at radius 1 is 1.39 bits per heavy atom. The van der Waals surface area contributed by atoms with Gasteiger partial charge in [0.05, 0.1) is 17.7 Å². The first-order valence-electron chi connectivity index (χ1n) is 5.11. The SMILES string of the molecule is Nc1cc(Cn2cc([N+](=O)[O-])ccc2=O)ccn1. The second-order valence-corrected chi connectivity index (χ2v) is 3.70. The maximum absolute atomic E-state index is 11.6. The van der Waals surface area contributed by atoms with E-state index in [0.29, 0.717) is 5.82 Å². The van der Waals surface area contributed by atoms with Gasteiger partial charge in [0.15, 0.2) is 0 Å². The van der Waals surface area contributed by atoms with Gasteiger partial charge in [-0.25, -0.2) is 4.98 Å². The Hall–Kier alpha value is -2.70. The number of hydrogen-bond acceptors (Lipinski definition) is 5. The molecule has 0 aliphatic carbocycles.